The van der Waals surface area contributed by atoms with Gasteiger partial charge in [0.05, 0.1) is 5.52 Å². The lowest BCUT2D eigenvalue weighted by Gasteiger charge is -2.12. The van der Waals surface area contributed by atoms with Crippen LogP contribution in [0.25, 0.3) is 22.0 Å². The molecule has 0 aliphatic carbocycles. The molecule has 0 aliphatic rings. The van der Waals surface area contributed by atoms with E-state index in [1.165, 1.54) is 0 Å². The molecule has 3 aromatic rings. The maximum atomic E-state index is 6.15. The zero-order chi connectivity index (χ0) is 14.1. The first-order valence-corrected chi connectivity index (χ1v) is 6.70. The normalized spacial score (nSPS) is 10.8. The minimum atomic E-state index is 0.647. The molecule has 1 heterocycles. The number of nitrogen functional groups attached to an aromatic ring is 1. The van der Waals surface area contributed by atoms with Gasteiger partial charge in [0.15, 0.2) is 0 Å². The third-order valence-corrected chi connectivity index (χ3v) is 3.81. The third kappa shape index (κ3) is 2.11. The Balaban J connectivity index is 2.31. The van der Waals surface area contributed by atoms with E-state index in [1.54, 1.807) is 0 Å². The molecule has 20 heavy (non-hydrogen) atoms. The molecule has 100 valence electrons. The number of aryl methyl sites for hydroxylation is 1. The van der Waals surface area contributed by atoms with Crippen LogP contribution in [0.2, 0.25) is 5.02 Å². The topological polar surface area (TPSA) is 50.9 Å². The summed E-state index contributed by atoms with van der Waals surface area (Å²) >= 11 is 6.15. The van der Waals surface area contributed by atoms with Crippen LogP contribution >= 0.6 is 11.6 Å². The third-order valence-electron chi connectivity index (χ3n) is 3.40. The van der Waals surface area contributed by atoms with E-state index in [1.807, 2.05) is 49.4 Å². The van der Waals surface area contributed by atoms with Crippen molar-refractivity contribution in [1.29, 1.82) is 0 Å². The Morgan fingerprint density at radius 2 is 1.85 bits per heavy atom. The Hall–Kier alpha value is -2.10. The fourth-order valence-corrected chi connectivity index (χ4v) is 2.46. The van der Waals surface area contributed by atoms with E-state index in [2.05, 4.69) is 16.5 Å². The molecule has 1 aromatic heterocycles. The predicted octanol–water partition coefficient (Wildman–Crippen LogP) is 4.15. The Kier molecular flexibility index (Phi) is 3.30. The molecule has 0 saturated carbocycles. The fraction of sp³-hybridized carbons (Fsp3) is 0.0625. The first-order chi connectivity index (χ1) is 9.70. The summed E-state index contributed by atoms with van der Waals surface area (Å²) in [6.45, 7) is 1.96. The minimum Gasteiger partial charge on any atom is -0.308 e. The lowest BCUT2D eigenvalue weighted by atomic mass is 10.0. The largest absolute Gasteiger partial charge is 0.308 e. The average Bonchev–Trinajstić information content (AvgIpc) is 2.51. The van der Waals surface area contributed by atoms with Crippen molar-refractivity contribution >= 4 is 28.3 Å². The molecule has 0 aliphatic heterocycles. The second kappa shape index (κ2) is 5.12. The monoisotopic (exact) mass is 283 g/mol. The number of nitrogens with one attached hydrogen (secondary N) is 1. The van der Waals surface area contributed by atoms with Gasteiger partial charge < -0.3 is 5.43 Å². The molecule has 2 aromatic carbocycles. The molecule has 0 atom stereocenters. The number of pyridine rings is 1. The number of anilines is 1. The summed E-state index contributed by atoms with van der Waals surface area (Å²) in [6, 6.07) is 16.0. The summed E-state index contributed by atoms with van der Waals surface area (Å²) in [6.07, 6.45) is 0. The summed E-state index contributed by atoms with van der Waals surface area (Å²) in [4.78, 5) is 4.61. The van der Waals surface area contributed by atoms with Gasteiger partial charge in [-0.25, -0.2) is 10.8 Å². The molecule has 0 amide bonds. The van der Waals surface area contributed by atoms with Crippen molar-refractivity contribution < 1.29 is 0 Å². The van der Waals surface area contributed by atoms with Gasteiger partial charge in [-0.3, -0.25) is 0 Å². The number of hydrogen-bond donors (Lipinski definition) is 2. The van der Waals surface area contributed by atoms with E-state index in [4.69, 9.17) is 17.4 Å². The van der Waals surface area contributed by atoms with E-state index in [0.717, 1.165) is 27.6 Å². The number of rotatable bonds is 2. The Morgan fingerprint density at radius 3 is 2.55 bits per heavy atom. The van der Waals surface area contributed by atoms with Crippen LogP contribution < -0.4 is 11.3 Å². The highest BCUT2D eigenvalue weighted by Crippen LogP contribution is 2.32. The van der Waals surface area contributed by atoms with E-state index >= 15 is 0 Å². The molecule has 0 saturated heterocycles. The summed E-state index contributed by atoms with van der Waals surface area (Å²) in [7, 11) is 0. The standard InChI is InChI=1S/C16H14ClN3/c1-10-14(17)8-7-12-9-13(11-5-3-2-4-6-11)16(20-18)19-15(10)12/h2-9H,18H2,1H3,(H,19,20). The molecular weight excluding hydrogens is 270 g/mol. The Bertz CT molecular complexity index is 770. The van der Waals surface area contributed by atoms with Gasteiger partial charge >= 0.3 is 0 Å². The first kappa shape index (κ1) is 12.9. The van der Waals surface area contributed by atoms with Crippen LogP contribution in [-0.2, 0) is 0 Å². The van der Waals surface area contributed by atoms with Gasteiger partial charge in [0.25, 0.3) is 0 Å². The fourth-order valence-electron chi connectivity index (χ4n) is 2.31. The second-order valence-electron chi connectivity index (χ2n) is 4.64. The number of halogens is 1. The van der Waals surface area contributed by atoms with Crippen molar-refractivity contribution in [2.24, 2.45) is 5.84 Å². The highest BCUT2D eigenvalue weighted by atomic mass is 35.5. The van der Waals surface area contributed by atoms with Gasteiger partial charge in [-0.05, 0) is 30.2 Å². The highest BCUT2D eigenvalue weighted by molar-refractivity contribution is 6.32. The van der Waals surface area contributed by atoms with Crippen LogP contribution in [0, 0.1) is 6.92 Å². The molecule has 3 nitrogen and oxygen atoms in total. The molecule has 0 spiro atoms. The SMILES string of the molecule is Cc1c(Cl)ccc2cc(-c3ccccc3)c(NN)nc12. The zero-order valence-electron chi connectivity index (χ0n) is 11.0. The van der Waals surface area contributed by atoms with Crippen molar-refractivity contribution in [2.75, 3.05) is 5.43 Å². The van der Waals surface area contributed by atoms with Gasteiger partial charge in [0.2, 0.25) is 0 Å². The number of aromatic nitrogens is 1. The lowest BCUT2D eigenvalue weighted by Crippen LogP contribution is -2.10. The average molecular weight is 284 g/mol. The van der Waals surface area contributed by atoms with Gasteiger partial charge in [0.1, 0.15) is 5.82 Å². The number of nitrogens with zero attached hydrogens (tertiary/aromatic N) is 1. The van der Waals surface area contributed by atoms with Crippen molar-refractivity contribution in [1.82, 2.24) is 4.98 Å². The molecule has 3 rings (SSSR count). The molecule has 0 unspecified atom stereocenters. The van der Waals surface area contributed by atoms with Gasteiger partial charge in [0, 0.05) is 16.0 Å². The maximum absolute atomic E-state index is 6.15. The van der Waals surface area contributed by atoms with E-state index < -0.39 is 0 Å². The van der Waals surface area contributed by atoms with Gasteiger partial charge in [-0.15, -0.1) is 0 Å². The number of hydrazine groups is 1. The van der Waals surface area contributed by atoms with E-state index in [9.17, 15) is 0 Å². The van der Waals surface area contributed by atoms with Crippen LogP contribution in [0.1, 0.15) is 5.56 Å². The Morgan fingerprint density at radius 1 is 1.10 bits per heavy atom. The molecular formula is C16H14ClN3. The smallest absolute Gasteiger partial charge is 0.148 e. The molecule has 3 N–H and O–H groups in total. The number of fused-ring (bicyclic) bond motifs is 1. The molecule has 4 heteroatoms. The predicted molar refractivity (Wildman–Crippen MR) is 84.7 cm³/mol. The van der Waals surface area contributed by atoms with Crippen LogP contribution in [0.5, 0.6) is 0 Å². The van der Waals surface area contributed by atoms with Crippen molar-refractivity contribution in [3.8, 4) is 11.1 Å². The van der Waals surface area contributed by atoms with Crippen LogP contribution in [-0.4, -0.2) is 4.98 Å². The highest BCUT2D eigenvalue weighted by Gasteiger charge is 2.10. The maximum Gasteiger partial charge on any atom is 0.148 e. The van der Waals surface area contributed by atoms with Gasteiger partial charge in [-0.1, -0.05) is 48.0 Å². The summed E-state index contributed by atoms with van der Waals surface area (Å²) in [5, 5.41) is 1.75. The van der Waals surface area contributed by atoms with Crippen LogP contribution in [0.15, 0.2) is 48.5 Å². The lowest BCUT2D eigenvalue weighted by molar-refractivity contribution is 1.25. The van der Waals surface area contributed by atoms with Crippen LogP contribution in [0.3, 0.4) is 0 Å². The number of hydrogen-bond acceptors (Lipinski definition) is 3. The number of benzene rings is 2. The summed E-state index contributed by atoms with van der Waals surface area (Å²) in [5.41, 5.74) is 6.55. The van der Waals surface area contributed by atoms with Crippen molar-refractivity contribution in [3.05, 3.63) is 59.1 Å². The summed E-state index contributed by atoms with van der Waals surface area (Å²) < 4.78 is 0. The minimum absolute atomic E-state index is 0.647. The van der Waals surface area contributed by atoms with Gasteiger partial charge in [-0.2, -0.15) is 0 Å². The van der Waals surface area contributed by atoms with Crippen molar-refractivity contribution in [2.45, 2.75) is 6.92 Å². The molecule has 0 radical (unpaired) electrons. The second-order valence-corrected chi connectivity index (χ2v) is 5.05. The molecule has 0 fully saturated rings. The van der Waals surface area contributed by atoms with E-state index in [0.29, 0.717) is 10.8 Å². The quantitative estimate of drug-likeness (QED) is 0.549. The Labute approximate surface area is 122 Å². The van der Waals surface area contributed by atoms with E-state index in [-0.39, 0.29) is 0 Å². The molecule has 0 bridgehead atoms. The van der Waals surface area contributed by atoms with Crippen molar-refractivity contribution in [3.63, 3.8) is 0 Å². The zero-order valence-corrected chi connectivity index (χ0v) is 11.8. The summed E-state index contributed by atoms with van der Waals surface area (Å²) in [5.74, 6) is 6.27. The number of nitrogens with two attached hydrogens (primary N) is 1. The van der Waals surface area contributed by atoms with Crippen LogP contribution in [0.4, 0.5) is 5.82 Å². The first-order valence-electron chi connectivity index (χ1n) is 6.32.